The molecule has 2 rings (SSSR count). The van der Waals surface area contributed by atoms with Crippen molar-refractivity contribution in [1.29, 1.82) is 0 Å². The zero-order chi connectivity index (χ0) is 11.7. The van der Waals surface area contributed by atoms with E-state index in [1.165, 1.54) is 0 Å². The summed E-state index contributed by atoms with van der Waals surface area (Å²) in [6.07, 6.45) is 7.70. The van der Waals surface area contributed by atoms with Gasteiger partial charge in [-0.25, -0.2) is 23.5 Å². The van der Waals surface area contributed by atoms with Crippen LogP contribution in [-0.2, 0) is 20.6 Å². The van der Waals surface area contributed by atoms with Crippen molar-refractivity contribution in [3.05, 3.63) is 46.7 Å². The van der Waals surface area contributed by atoms with Gasteiger partial charge in [0.25, 0.3) is 5.82 Å². The maximum absolute atomic E-state index is 11.7. The van der Waals surface area contributed by atoms with Crippen molar-refractivity contribution in [2.24, 2.45) is 14.1 Å². The maximum atomic E-state index is 11.7. The van der Waals surface area contributed by atoms with Gasteiger partial charge in [-0.1, -0.05) is 0 Å². The highest BCUT2D eigenvalue weighted by atomic mass is 16.1. The third-order valence-corrected chi connectivity index (χ3v) is 2.64. The number of nitrogens with one attached hydrogen (secondary N) is 1. The molecule has 0 amide bonds. The van der Waals surface area contributed by atoms with Crippen LogP contribution in [0.3, 0.4) is 0 Å². The van der Waals surface area contributed by atoms with Crippen molar-refractivity contribution in [2.75, 3.05) is 0 Å². The third kappa shape index (κ3) is 2.03. The summed E-state index contributed by atoms with van der Waals surface area (Å²) in [7, 11) is 3.88. The van der Waals surface area contributed by atoms with Crippen LogP contribution in [0.25, 0.3) is 0 Å². The number of nitrogens with zero attached hydrogens (tertiary/aromatic N) is 3. The van der Waals surface area contributed by atoms with Crippen LogP contribution in [0.1, 0.15) is 11.4 Å². The normalized spacial score (nSPS) is 10.7. The van der Waals surface area contributed by atoms with E-state index in [4.69, 9.17) is 0 Å². The SMILES string of the molecule is Cc1[nH]c(=O)c(Cn2cc[n+](C)c2)c[n+]1C. The molecular weight excluding hydrogens is 204 g/mol. The van der Waals surface area contributed by atoms with Crippen LogP contribution in [-0.4, -0.2) is 9.55 Å². The molecule has 16 heavy (non-hydrogen) atoms. The van der Waals surface area contributed by atoms with Crippen molar-refractivity contribution in [3.63, 3.8) is 0 Å². The summed E-state index contributed by atoms with van der Waals surface area (Å²) in [6, 6.07) is 0. The summed E-state index contributed by atoms with van der Waals surface area (Å²) >= 11 is 0. The molecule has 2 heterocycles. The fraction of sp³-hybridized carbons (Fsp3) is 0.364. The van der Waals surface area contributed by atoms with Gasteiger partial charge in [0.2, 0.25) is 6.33 Å². The molecule has 84 valence electrons. The highest BCUT2D eigenvalue weighted by Crippen LogP contribution is 1.92. The molecule has 0 atom stereocenters. The molecule has 0 aliphatic carbocycles. The zero-order valence-electron chi connectivity index (χ0n) is 9.77. The fourth-order valence-corrected chi connectivity index (χ4v) is 1.63. The van der Waals surface area contributed by atoms with E-state index in [1.807, 2.05) is 59.6 Å². The molecule has 0 saturated carbocycles. The number of imidazole rings is 1. The fourth-order valence-electron chi connectivity index (χ4n) is 1.63. The Morgan fingerprint density at radius 1 is 1.44 bits per heavy atom. The molecule has 1 N–H and O–H groups in total. The van der Waals surface area contributed by atoms with Gasteiger partial charge in [0, 0.05) is 6.92 Å². The van der Waals surface area contributed by atoms with E-state index in [-0.39, 0.29) is 5.56 Å². The molecule has 0 aromatic carbocycles. The summed E-state index contributed by atoms with van der Waals surface area (Å²) in [5, 5.41) is 0. The molecular formula is C11H16N4O+2. The van der Waals surface area contributed by atoms with Crippen LogP contribution >= 0.6 is 0 Å². The lowest BCUT2D eigenvalue weighted by Crippen LogP contribution is -2.38. The Kier molecular flexibility index (Phi) is 2.60. The Balaban J connectivity index is 2.35. The summed E-state index contributed by atoms with van der Waals surface area (Å²) in [6.45, 7) is 2.46. The molecule has 5 heteroatoms. The van der Waals surface area contributed by atoms with E-state index in [1.54, 1.807) is 0 Å². The summed E-state index contributed by atoms with van der Waals surface area (Å²) in [5.74, 6) is 0.854. The molecule has 2 aromatic heterocycles. The highest BCUT2D eigenvalue weighted by molar-refractivity contribution is 5.02. The lowest BCUT2D eigenvalue weighted by molar-refractivity contribution is -0.681. The van der Waals surface area contributed by atoms with Crippen molar-refractivity contribution in [1.82, 2.24) is 9.55 Å². The zero-order valence-corrected chi connectivity index (χ0v) is 9.77. The van der Waals surface area contributed by atoms with Gasteiger partial charge in [-0.15, -0.1) is 0 Å². The lowest BCUT2D eigenvalue weighted by Gasteiger charge is -1.98. The molecule has 0 radical (unpaired) electrons. The van der Waals surface area contributed by atoms with E-state index in [9.17, 15) is 4.79 Å². The maximum Gasteiger partial charge on any atom is 0.342 e. The summed E-state index contributed by atoms with van der Waals surface area (Å²) < 4.78 is 5.84. The van der Waals surface area contributed by atoms with E-state index >= 15 is 0 Å². The van der Waals surface area contributed by atoms with Crippen LogP contribution in [0.5, 0.6) is 0 Å². The first-order valence-electron chi connectivity index (χ1n) is 5.15. The van der Waals surface area contributed by atoms with Gasteiger partial charge in [-0.05, 0) is 0 Å². The lowest BCUT2D eigenvalue weighted by atomic mass is 10.3. The molecule has 5 nitrogen and oxygen atoms in total. The van der Waals surface area contributed by atoms with E-state index < -0.39 is 0 Å². The first-order chi connectivity index (χ1) is 7.56. The van der Waals surface area contributed by atoms with E-state index in [0.29, 0.717) is 6.54 Å². The Labute approximate surface area is 93.6 Å². The first kappa shape index (κ1) is 10.6. The van der Waals surface area contributed by atoms with Crippen LogP contribution in [0, 0.1) is 6.92 Å². The first-order valence-corrected chi connectivity index (χ1v) is 5.15. The van der Waals surface area contributed by atoms with Crippen LogP contribution < -0.4 is 14.7 Å². The number of aryl methyl sites for hydroxylation is 3. The van der Waals surface area contributed by atoms with E-state index in [0.717, 1.165) is 11.4 Å². The second-order valence-corrected chi connectivity index (χ2v) is 4.06. The predicted octanol–water partition coefficient (Wildman–Crippen LogP) is -0.818. The van der Waals surface area contributed by atoms with Gasteiger partial charge in [0.05, 0.1) is 14.1 Å². The Morgan fingerprint density at radius 3 is 2.81 bits per heavy atom. The minimum atomic E-state index is -0.0213. The smallest absolute Gasteiger partial charge is 0.241 e. The number of aromatic nitrogens is 4. The second-order valence-electron chi connectivity index (χ2n) is 4.06. The van der Waals surface area contributed by atoms with Crippen molar-refractivity contribution >= 4 is 0 Å². The van der Waals surface area contributed by atoms with Gasteiger partial charge in [-0.2, -0.15) is 0 Å². The number of aromatic amines is 1. The summed E-state index contributed by atoms with van der Waals surface area (Å²) in [4.78, 5) is 14.5. The molecule has 0 bridgehead atoms. The molecule has 0 fully saturated rings. The molecule has 2 aromatic rings. The number of hydrogen-bond acceptors (Lipinski definition) is 1. The monoisotopic (exact) mass is 220 g/mol. The van der Waals surface area contributed by atoms with Gasteiger partial charge in [-0.3, -0.25) is 0 Å². The predicted molar refractivity (Wildman–Crippen MR) is 57.7 cm³/mol. The number of hydrogen-bond donors (Lipinski definition) is 1. The van der Waals surface area contributed by atoms with Gasteiger partial charge in [0.1, 0.15) is 30.7 Å². The third-order valence-electron chi connectivity index (χ3n) is 2.64. The average molecular weight is 220 g/mol. The molecule has 0 aliphatic rings. The van der Waals surface area contributed by atoms with E-state index in [2.05, 4.69) is 4.98 Å². The quantitative estimate of drug-likeness (QED) is 0.661. The summed E-state index contributed by atoms with van der Waals surface area (Å²) in [5.41, 5.74) is 0.733. The standard InChI is InChI=1S/C11H15N4O/c1-9-12-11(16)10(6-14(9)3)7-15-5-4-13(2)8-15/h4-6,8H,7H2,1-3H3/q+1/p+1. The van der Waals surface area contributed by atoms with Crippen LogP contribution in [0.15, 0.2) is 29.7 Å². The number of H-pyrrole nitrogens is 1. The topological polar surface area (TPSA) is 45.6 Å². The largest absolute Gasteiger partial charge is 0.342 e. The minimum Gasteiger partial charge on any atom is -0.241 e. The Bertz CT molecular complexity index is 568. The Morgan fingerprint density at radius 2 is 2.19 bits per heavy atom. The highest BCUT2D eigenvalue weighted by Gasteiger charge is 2.12. The molecule has 0 saturated heterocycles. The Hall–Kier alpha value is -1.91. The van der Waals surface area contributed by atoms with Crippen molar-refractivity contribution < 1.29 is 9.13 Å². The van der Waals surface area contributed by atoms with Gasteiger partial charge >= 0.3 is 5.56 Å². The average Bonchev–Trinajstić information content (AvgIpc) is 2.60. The van der Waals surface area contributed by atoms with Crippen LogP contribution in [0.2, 0.25) is 0 Å². The molecule has 0 unspecified atom stereocenters. The molecule has 0 aliphatic heterocycles. The number of rotatable bonds is 2. The van der Waals surface area contributed by atoms with Crippen molar-refractivity contribution in [3.8, 4) is 0 Å². The van der Waals surface area contributed by atoms with Crippen molar-refractivity contribution in [2.45, 2.75) is 13.5 Å². The van der Waals surface area contributed by atoms with Gasteiger partial charge < -0.3 is 0 Å². The van der Waals surface area contributed by atoms with Gasteiger partial charge in [0.15, 0.2) is 0 Å². The minimum absolute atomic E-state index is 0.0213. The second kappa shape index (κ2) is 3.92. The van der Waals surface area contributed by atoms with Crippen LogP contribution in [0.4, 0.5) is 0 Å². The molecule has 0 spiro atoms.